The van der Waals surface area contributed by atoms with E-state index in [1.165, 1.54) is 78.5 Å². The van der Waals surface area contributed by atoms with Crippen molar-refractivity contribution in [3.05, 3.63) is 100 Å². The molecular weight excluding hydrogens is 452 g/mol. The van der Waals surface area contributed by atoms with Crippen LogP contribution in [0.1, 0.15) is 84.5 Å². The van der Waals surface area contributed by atoms with E-state index in [9.17, 15) is 0 Å². The maximum atomic E-state index is 4.90. The van der Waals surface area contributed by atoms with Crippen LogP contribution >= 0.6 is 0 Å². The van der Waals surface area contributed by atoms with Crippen LogP contribution in [-0.2, 0) is 32.5 Å². The van der Waals surface area contributed by atoms with E-state index < -0.39 is 0 Å². The van der Waals surface area contributed by atoms with Crippen molar-refractivity contribution in [2.24, 2.45) is 0 Å². The number of nitrogens with zero attached hydrogens (tertiary/aromatic N) is 2. The van der Waals surface area contributed by atoms with Crippen molar-refractivity contribution >= 4 is 0 Å². The summed E-state index contributed by atoms with van der Waals surface area (Å²) >= 11 is 0. The van der Waals surface area contributed by atoms with Gasteiger partial charge in [0, 0.05) is 44.5 Å². The Bertz CT molecular complexity index is 1150. The summed E-state index contributed by atoms with van der Waals surface area (Å²) in [5.41, 5.74) is 8.50. The Kier molecular flexibility index (Phi) is 7.97. The lowest BCUT2D eigenvalue weighted by molar-refractivity contribution is 0.145. The number of pyridine rings is 1. The molecule has 0 radical (unpaired) electrons. The number of hydrogen-bond donors (Lipinski definition) is 2. The third-order valence-electron chi connectivity index (χ3n) is 8.84. The number of benzene rings is 2. The molecule has 0 saturated heterocycles. The molecule has 1 saturated carbocycles. The second-order valence-electron chi connectivity index (χ2n) is 11.5. The van der Waals surface area contributed by atoms with Gasteiger partial charge >= 0.3 is 0 Å². The second kappa shape index (κ2) is 11.9. The molecule has 2 aromatic carbocycles. The minimum absolute atomic E-state index is 0.386. The molecule has 3 aromatic rings. The van der Waals surface area contributed by atoms with Crippen molar-refractivity contribution in [2.45, 2.75) is 95.5 Å². The first-order valence-electron chi connectivity index (χ1n) is 14.6. The molecule has 1 fully saturated rings. The number of aryl methyl sites for hydroxylation is 1. The maximum Gasteiger partial charge on any atom is 0.0607 e. The van der Waals surface area contributed by atoms with E-state index in [0.29, 0.717) is 18.1 Å². The van der Waals surface area contributed by atoms with Gasteiger partial charge in [0.15, 0.2) is 0 Å². The highest BCUT2D eigenvalue weighted by Gasteiger charge is 2.30. The van der Waals surface area contributed by atoms with E-state index in [0.717, 1.165) is 39.0 Å². The molecule has 2 aliphatic carbocycles. The van der Waals surface area contributed by atoms with Gasteiger partial charge in [-0.25, -0.2) is 0 Å². The lowest BCUT2D eigenvalue weighted by Crippen LogP contribution is -2.46. The molecule has 0 spiro atoms. The molecule has 0 unspecified atom stereocenters. The minimum Gasteiger partial charge on any atom is -0.310 e. The van der Waals surface area contributed by atoms with Gasteiger partial charge in [-0.2, -0.15) is 0 Å². The SMILES string of the molecule is c1ccc2c(c1)CN[C@@H](CN(Cc1ccc(CNC3CCCCC3)cc1)[C@H]1CCCc3cccnc31)C2. The predicted molar refractivity (Wildman–Crippen MR) is 151 cm³/mol. The van der Waals surface area contributed by atoms with E-state index >= 15 is 0 Å². The fraction of sp³-hybridized carbons (Fsp3) is 0.485. The van der Waals surface area contributed by atoms with Crippen LogP contribution in [0.3, 0.4) is 0 Å². The molecule has 6 rings (SSSR count). The third-order valence-corrected chi connectivity index (χ3v) is 8.84. The second-order valence-corrected chi connectivity index (χ2v) is 11.5. The van der Waals surface area contributed by atoms with Crippen molar-refractivity contribution < 1.29 is 0 Å². The van der Waals surface area contributed by atoms with E-state index in [1.807, 2.05) is 6.20 Å². The molecule has 2 N–H and O–H groups in total. The molecule has 0 amide bonds. The van der Waals surface area contributed by atoms with Crippen molar-refractivity contribution in [3.63, 3.8) is 0 Å². The van der Waals surface area contributed by atoms with Crippen LogP contribution in [0.4, 0.5) is 0 Å². The van der Waals surface area contributed by atoms with Gasteiger partial charge in [-0.05, 0) is 72.4 Å². The summed E-state index contributed by atoms with van der Waals surface area (Å²) in [7, 11) is 0. The fourth-order valence-corrected chi connectivity index (χ4v) is 6.74. The summed E-state index contributed by atoms with van der Waals surface area (Å²) in [6, 6.07) is 24.3. The normalized spacial score (nSPS) is 22.0. The molecule has 194 valence electrons. The Labute approximate surface area is 222 Å². The first kappa shape index (κ1) is 24.8. The average Bonchev–Trinajstić information content (AvgIpc) is 2.96. The summed E-state index contributed by atoms with van der Waals surface area (Å²) in [6.07, 6.45) is 13.5. The van der Waals surface area contributed by atoms with Crippen molar-refractivity contribution in [1.82, 2.24) is 20.5 Å². The summed E-state index contributed by atoms with van der Waals surface area (Å²) < 4.78 is 0. The molecular formula is C33H42N4. The molecule has 2 heterocycles. The monoisotopic (exact) mass is 494 g/mol. The van der Waals surface area contributed by atoms with E-state index in [2.05, 4.69) is 76.2 Å². The van der Waals surface area contributed by atoms with E-state index in [1.54, 1.807) is 0 Å². The van der Waals surface area contributed by atoms with Crippen LogP contribution in [0.2, 0.25) is 0 Å². The molecule has 0 bridgehead atoms. The molecule has 4 nitrogen and oxygen atoms in total. The van der Waals surface area contributed by atoms with Gasteiger partial charge in [-0.1, -0.05) is 73.9 Å². The summed E-state index contributed by atoms with van der Waals surface area (Å²) in [5.74, 6) is 0. The number of aromatic nitrogens is 1. The largest absolute Gasteiger partial charge is 0.310 e. The maximum absolute atomic E-state index is 4.90. The first-order valence-corrected chi connectivity index (χ1v) is 14.6. The van der Waals surface area contributed by atoms with Crippen LogP contribution in [0, 0.1) is 0 Å². The van der Waals surface area contributed by atoms with Gasteiger partial charge in [0.25, 0.3) is 0 Å². The van der Waals surface area contributed by atoms with Crippen molar-refractivity contribution in [1.29, 1.82) is 0 Å². The van der Waals surface area contributed by atoms with Gasteiger partial charge in [-0.15, -0.1) is 0 Å². The van der Waals surface area contributed by atoms with Crippen molar-refractivity contribution in [3.8, 4) is 0 Å². The van der Waals surface area contributed by atoms with Crippen LogP contribution < -0.4 is 10.6 Å². The van der Waals surface area contributed by atoms with Gasteiger partial charge in [-0.3, -0.25) is 9.88 Å². The topological polar surface area (TPSA) is 40.2 Å². The Hall–Kier alpha value is -2.53. The zero-order valence-electron chi connectivity index (χ0n) is 22.2. The Morgan fingerprint density at radius 2 is 1.59 bits per heavy atom. The molecule has 2 atom stereocenters. The number of hydrogen-bond acceptors (Lipinski definition) is 4. The molecule has 1 aliphatic heterocycles. The fourth-order valence-electron chi connectivity index (χ4n) is 6.74. The Morgan fingerprint density at radius 3 is 2.46 bits per heavy atom. The smallest absolute Gasteiger partial charge is 0.0607 e. The highest BCUT2D eigenvalue weighted by molar-refractivity contribution is 5.31. The number of rotatable bonds is 8. The molecule has 3 aliphatic rings. The summed E-state index contributed by atoms with van der Waals surface area (Å²) in [4.78, 5) is 7.62. The van der Waals surface area contributed by atoms with Crippen LogP contribution in [0.5, 0.6) is 0 Å². The standard InChI is InChI=1S/C33H42N4/c1-2-12-30(13-3-1)35-21-25-15-17-26(18-16-25)23-37(32-14-6-10-27-11-7-19-34-33(27)32)24-31-20-28-8-4-5-9-29(28)22-36-31/h4-5,7-9,11,15-19,30-32,35-36H,1-3,6,10,12-14,20-24H2/t31-,32+/m1/s1. The summed E-state index contributed by atoms with van der Waals surface area (Å²) in [6.45, 7) is 3.97. The van der Waals surface area contributed by atoms with Crippen LogP contribution in [-0.4, -0.2) is 28.5 Å². The van der Waals surface area contributed by atoms with Crippen molar-refractivity contribution in [2.75, 3.05) is 6.54 Å². The highest BCUT2D eigenvalue weighted by atomic mass is 15.2. The lowest BCUT2D eigenvalue weighted by Gasteiger charge is -2.38. The predicted octanol–water partition coefficient (Wildman–Crippen LogP) is 6.10. The quantitative estimate of drug-likeness (QED) is 0.397. The zero-order valence-corrected chi connectivity index (χ0v) is 22.2. The summed E-state index contributed by atoms with van der Waals surface area (Å²) in [5, 5.41) is 7.64. The van der Waals surface area contributed by atoms with Gasteiger partial charge in [0.1, 0.15) is 0 Å². The van der Waals surface area contributed by atoms with Crippen LogP contribution in [0.25, 0.3) is 0 Å². The van der Waals surface area contributed by atoms with Gasteiger partial charge in [0.05, 0.1) is 11.7 Å². The lowest BCUT2D eigenvalue weighted by atomic mass is 9.89. The van der Waals surface area contributed by atoms with Gasteiger partial charge in [0.2, 0.25) is 0 Å². The van der Waals surface area contributed by atoms with E-state index in [4.69, 9.17) is 4.98 Å². The van der Waals surface area contributed by atoms with Crippen LogP contribution in [0.15, 0.2) is 66.9 Å². The van der Waals surface area contributed by atoms with Gasteiger partial charge < -0.3 is 10.6 Å². The van der Waals surface area contributed by atoms with E-state index in [-0.39, 0.29) is 0 Å². The molecule has 4 heteroatoms. The minimum atomic E-state index is 0.386. The Morgan fingerprint density at radius 1 is 0.811 bits per heavy atom. The molecule has 37 heavy (non-hydrogen) atoms. The number of nitrogens with one attached hydrogen (secondary N) is 2. The first-order chi connectivity index (χ1) is 18.3. The number of fused-ring (bicyclic) bond motifs is 2. The third kappa shape index (κ3) is 6.14. The average molecular weight is 495 g/mol. The highest BCUT2D eigenvalue weighted by Crippen LogP contribution is 2.34. The molecule has 1 aromatic heterocycles. The zero-order chi connectivity index (χ0) is 24.9. The Balaban J connectivity index is 1.17.